The lowest BCUT2D eigenvalue weighted by Crippen LogP contribution is -2.35. The van der Waals surface area contributed by atoms with E-state index in [2.05, 4.69) is 8.92 Å². The van der Waals surface area contributed by atoms with E-state index in [0.29, 0.717) is 0 Å². The van der Waals surface area contributed by atoms with Crippen LogP contribution in [0.5, 0.6) is 0 Å². The Hall–Kier alpha value is -0.410. The SMILES string of the molecule is COC[C@@](C)(F)COS(=O)(=O)C(F)(F)F. The van der Waals surface area contributed by atoms with Crippen LogP contribution in [-0.2, 0) is 19.0 Å². The van der Waals surface area contributed by atoms with Crippen LogP contribution >= 0.6 is 0 Å². The van der Waals surface area contributed by atoms with Crippen LogP contribution in [0.3, 0.4) is 0 Å². The summed E-state index contributed by atoms with van der Waals surface area (Å²) in [5.41, 5.74) is -7.84. The molecule has 0 fully saturated rings. The summed E-state index contributed by atoms with van der Waals surface area (Å²) < 4.78 is 76.8. The van der Waals surface area contributed by atoms with Crippen LogP contribution < -0.4 is 0 Å². The van der Waals surface area contributed by atoms with Crippen molar-refractivity contribution in [3.63, 3.8) is 0 Å². The van der Waals surface area contributed by atoms with E-state index in [1.54, 1.807) is 0 Å². The van der Waals surface area contributed by atoms with Gasteiger partial charge >= 0.3 is 15.6 Å². The van der Waals surface area contributed by atoms with Gasteiger partial charge in [0.2, 0.25) is 0 Å². The zero-order valence-corrected chi connectivity index (χ0v) is 8.78. The van der Waals surface area contributed by atoms with Gasteiger partial charge in [0.05, 0.1) is 6.61 Å². The average Bonchev–Trinajstić information content (AvgIpc) is 1.99. The Bertz CT molecular complexity index is 295. The van der Waals surface area contributed by atoms with Crippen LogP contribution in [0.1, 0.15) is 6.92 Å². The van der Waals surface area contributed by atoms with E-state index in [1.807, 2.05) is 0 Å². The van der Waals surface area contributed by atoms with Crippen molar-refractivity contribution in [3.05, 3.63) is 0 Å². The first-order valence-corrected chi connectivity index (χ1v) is 5.06. The van der Waals surface area contributed by atoms with Crippen LogP contribution in [0.15, 0.2) is 0 Å². The van der Waals surface area contributed by atoms with Gasteiger partial charge in [-0.05, 0) is 6.92 Å². The van der Waals surface area contributed by atoms with Crippen LogP contribution in [-0.4, -0.2) is 39.9 Å². The first kappa shape index (κ1) is 14.6. The van der Waals surface area contributed by atoms with Gasteiger partial charge in [0.25, 0.3) is 0 Å². The van der Waals surface area contributed by atoms with Gasteiger partial charge in [-0.3, -0.25) is 4.18 Å². The highest BCUT2D eigenvalue weighted by molar-refractivity contribution is 7.87. The molecule has 0 aliphatic rings. The van der Waals surface area contributed by atoms with Gasteiger partial charge in [-0.2, -0.15) is 21.6 Å². The summed E-state index contributed by atoms with van der Waals surface area (Å²) in [6, 6.07) is 0. The van der Waals surface area contributed by atoms with E-state index in [9.17, 15) is 26.0 Å². The molecule has 9 heteroatoms. The number of rotatable bonds is 5. The molecule has 0 rings (SSSR count). The number of ether oxygens (including phenoxy) is 1. The standard InChI is InChI=1S/C6H10F4O4S/c1-5(7,3-13-2)4-14-15(11,12)6(8,9)10/h3-4H2,1-2H3/t5-/m1/s1. The molecule has 0 aromatic rings. The number of alkyl halides is 4. The Kier molecular flexibility index (Phi) is 4.49. The average molecular weight is 254 g/mol. The summed E-state index contributed by atoms with van der Waals surface area (Å²) in [5.74, 6) is 0. The Morgan fingerprint density at radius 2 is 1.60 bits per heavy atom. The fourth-order valence-electron chi connectivity index (χ4n) is 0.610. The third kappa shape index (κ3) is 4.76. The van der Waals surface area contributed by atoms with E-state index in [-0.39, 0.29) is 0 Å². The second kappa shape index (κ2) is 4.62. The van der Waals surface area contributed by atoms with Gasteiger partial charge < -0.3 is 4.74 Å². The highest BCUT2D eigenvalue weighted by atomic mass is 32.2. The third-order valence-electron chi connectivity index (χ3n) is 1.24. The molecule has 0 amide bonds. The summed E-state index contributed by atoms with van der Waals surface area (Å²) in [6.45, 7) is -0.953. The number of hydrogen-bond donors (Lipinski definition) is 0. The fraction of sp³-hybridized carbons (Fsp3) is 1.00. The maximum absolute atomic E-state index is 13.1. The van der Waals surface area contributed by atoms with E-state index >= 15 is 0 Å². The summed E-state index contributed by atoms with van der Waals surface area (Å²) in [4.78, 5) is 0. The second-order valence-corrected chi connectivity index (χ2v) is 4.62. The third-order valence-corrected chi connectivity index (χ3v) is 2.24. The molecule has 0 saturated heterocycles. The predicted octanol–water partition coefficient (Wildman–Crippen LogP) is 1.23. The Balaban J connectivity index is 4.41. The normalized spacial score (nSPS) is 17.5. The quantitative estimate of drug-likeness (QED) is 0.420. The molecule has 15 heavy (non-hydrogen) atoms. The minimum Gasteiger partial charge on any atom is -0.381 e. The lowest BCUT2D eigenvalue weighted by atomic mass is 10.2. The van der Waals surface area contributed by atoms with Crippen molar-refractivity contribution in [2.75, 3.05) is 20.3 Å². The molecule has 92 valence electrons. The van der Waals surface area contributed by atoms with Crippen molar-refractivity contribution < 1.29 is 34.9 Å². The van der Waals surface area contributed by atoms with Crippen LogP contribution in [0.25, 0.3) is 0 Å². The van der Waals surface area contributed by atoms with E-state index < -0.39 is 34.5 Å². The summed E-state index contributed by atoms with van der Waals surface area (Å²) >= 11 is 0. The van der Waals surface area contributed by atoms with Crippen molar-refractivity contribution in [3.8, 4) is 0 Å². The number of hydrogen-bond acceptors (Lipinski definition) is 4. The zero-order valence-electron chi connectivity index (χ0n) is 7.97. The van der Waals surface area contributed by atoms with Gasteiger partial charge in [-0.25, -0.2) is 4.39 Å². The van der Waals surface area contributed by atoms with Gasteiger partial charge in [0.15, 0.2) is 5.67 Å². The van der Waals surface area contributed by atoms with E-state index in [4.69, 9.17) is 0 Å². The molecule has 0 aromatic heterocycles. The molecule has 1 atom stereocenters. The summed E-state index contributed by atoms with van der Waals surface area (Å²) in [6.07, 6.45) is 0. The molecule has 0 bridgehead atoms. The molecule has 0 N–H and O–H groups in total. The van der Waals surface area contributed by atoms with E-state index in [0.717, 1.165) is 14.0 Å². The largest absolute Gasteiger partial charge is 0.523 e. The predicted molar refractivity (Wildman–Crippen MR) is 42.3 cm³/mol. The molecule has 0 radical (unpaired) electrons. The van der Waals surface area contributed by atoms with E-state index in [1.165, 1.54) is 0 Å². The first-order valence-electron chi connectivity index (χ1n) is 3.65. The van der Waals surface area contributed by atoms with Crippen LogP contribution in [0.2, 0.25) is 0 Å². The van der Waals surface area contributed by atoms with Crippen molar-refractivity contribution in [1.82, 2.24) is 0 Å². The maximum atomic E-state index is 13.1. The van der Waals surface area contributed by atoms with Crippen molar-refractivity contribution in [2.24, 2.45) is 0 Å². The minimum absolute atomic E-state index is 0.569. The second-order valence-electron chi connectivity index (χ2n) is 3.01. The van der Waals surface area contributed by atoms with Crippen LogP contribution in [0.4, 0.5) is 17.6 Å². The molecule has 0 aliphatic carbocycles. The fourth-order valence-corrected chi connectivity index (χ4v) is 1.14. The molecule has 0 aromatic carbocycles. The minimum atomic E-state index is -5.74. The first-order chi connectivity index (χ1) is 6.52. The molecule has 0 heterocycles. The number of halogens is 4. The highest BCUT2D eigenvalue weighted by Gasteiger charge is 2.48. The molecule has 0 aliphatic heterocycles. The Morgan fingerprint density at radius 1 is 1.13 bits per heavy atom. The summed E-state index contributed by atoms with van der Waals surface area (Å²) in [5, 5.41) is 0. The monoisotopic (exact) mass is 254 g/mol. The lowest BCUT2D eigenvalue weighted by Gasteiger charge is -2.19. The molecule has 0 saturated carbocycles. The van der Waals surface area contributed by atoms with Gasteiger partial charge in [-0.15, -0.1) is 0 Å². The zero-order chi connectivity index (χ0) is 12.3. The topological polar surface area (TPSA) is 52.6 Å². The Labute approximate surface area is 84.3 Å². The lowest BCUT2D eigenvalue weighted by molar-refractivity contribution is -0.0596. The van der Waals surface area contributed by atoms with Crippen LogP contribution in [0, 0.1) is 0 Å². The number of methoxy groups -OCH3 is 1. The highest BCUT2D eigenvalue weighted by Crippen LogP contribution is 2.26. The molecular weight excluding hydrogens is 244 g/mol. The van der Waals surface area contributed by atoms with Crippen molar-refractivity contribution in [1.29, 1.82) is 0 Å². The van der Waals surface area contributed by atoms with Crippen molar-refractivity contribution in [2.45, 2.75) is 18.1 Å². The smallest absolute Gasteiger partial charge is 0.381 e. The van der Waals surface area contributed by atoms with Gasteiger partial charge in [-0.1, -0.05) is 0 Å². The molecular formula is C6H10F4O4S. The molecule has 4 nitrogen and oxygen atoms in total. The molecule has 0 spiro atoms. The van der Waals surface area contributed by atoms with Gasteiger partial charge in [0.1, 0.15) is 6.61 Å². The Morgan fingerprint density at radius 3 is 1.93 bits per heavy atom. The van der Waals surface area contributed by atoms with Gasteiger partial charge in [0, 0.05) is 7.11 Å². The van der Waals surface area contributed by atoms with Crippen molar-refractivity contribution >= 4 is 10.1 Å². The molecule has 0 unspecified atom stereocenters. The summed E-state index contributed by atoms with van der Waals surface area (Å²) in [7, 11) is -4.62. The maximum Gasteiger partial charge on any atom is 0.523 e.